The minimum atomic E-state index is -0.659. The van der Waals surface area contributed by atoms with E-state index >= 15 is 0 Å². The highest BCUT2D eigenvalue weighted by molar-refractivity contribution is 5.85. The number of nitrogens with one attached hydrogen (secondary N) is 1. The third-order valence-electron chi connectivity index (χ3n) is 7.23. The normalized spacial score (nSPS) is 26.8. The molecule has 9 heteroatoms. The average Bonchev–Trinajstić information content (AvgIpc) is 3.23. The standard InChI is InChI=1S/C25H32N2O7/c1-14(28)34-21-9-16-13-27(22(29)11-19(16)23(24(21)32-3)25(30)33-4)8-7-15-12-26-20-10-17(31-2)5-6-18(15)20/h5-6,10,12,16,19,21,23-24,26H,7-9,11,13H2,1-4H3/t16-,19+,21-,23+,24+/m1/s1. The summed E-state index contributed by atoms with van der Waals surface area (Å²) >= 11 is 0. The Morgan fingerprint density at radius 2 is 2.00 bits per heavy atom. The lowest BCUT2D eigenvalue weighted by molar-refractivity contribution is -0.187. The summed E-state index contributed by atoms with van der Waals surface area (Å²) in [7, 11) is 4.45. The number of piperidine rings is 1. The Kier molecular flexibility index (Phi) is 7.11. The second kappa shape index (κ2) is 10.0. The van der Waals surface area contributed by atoms with Crippen LogP contribution in [0, 0.1) is 17.8 Å². The maximum Gasteiger partial charge on any atom is 0.311 e. The number of carbonyl (C=O) groups excluding carboxylic acids is 3. The highest BCUT2D eigenvalue weighted by atomic mass is 16.6. The number of esters is 2. The number of nitrogens with zero attached hydrogens (tertiary/aromatic N) is 1. The van der Waals surface area contributed by atoms with Gasteiger partial charge in [-0.1, -0.05) is 0 Å². The van der Waals surface area contributed by atoms with Gasteiger partial charge in [-0.3, -0.25) is 14.4 Å². The second-order valence-corrected chi connectivity index (χ2v) is 9.08. The van der Waals surface area contributed by atoms with Gasteiger partial charge < -0.3 is 28.8 Å². The molecule has 1 saturated carbocycles. The lowest BCUT2D eigenvalue weighted by Gasteiger charge is -2.48. The molecule has 0 spiro atoms. The molecule has 4 rings (SSSR count). The number of rotatable bonds is 7. The van der Waals surface area contributed by atoms with Gasteiger partial charge in [-0.15, -0.1) is 0 Å². The zero-order chi connectivity index (χ0) is 24.4. The van der Waals surface area contributed by atoms with Crippen molar-refractivity contribution in [2.75, 3.05) is 34.4 Å². The summed E-state index contributed by atoms with van der Waals surface area (Å²) in [6.45, 7) is 2.41. The molecule has 1 aromatic heterocycles. The molecule has 2 fully saturated rings. The van der Waals surface area contributed by atoms with Gasteiger partial charge in [-0.25, -0.2) is 0 Å². The number of amides is 1. The summed E-state index contributed by atoms with van der Waals surface area (Å²) in [6, 6.07) is 5.89. The summed E-state index contributed by atoms with van der Waals surface area (Å²) in [5.41, 5.74) is 2.11. The largest absolute Gasteiger partial charge is 0.497 e. The van der Waals surface area contributed by atoms with Gasteiger partial charge in [-0.2, -0.15) is 0 Å². The predicted molar refractivity (Wildman–Crippen MR) is 123 cm³/mol. The van der Waals surface area contributed by atoms with Gasteiger partial charge >= 0.3 is 11.9 Å². The van der Waals surface area contributed by atoms with Crippen molar-refractivity contribution in [1.82, 2.24) is 9.88 Å². The lowest BCUT2D eigenvalue weighted by Crippen LogP contribution is -2.58. The van der Waals surface area contributed by atoms with Crippen LogP contribution < -0.4 is 4.74 Å². The van der Waals surface area contributed by atoms with Crippen LogP contribution in [0.3, 0.4) is 0 Å². The molecular weight excluding hydrogens is 440 g/mol. The molecule has 2 aliphatic rings. The average molecular weight is 473 g/mol. The van der Waals surface area contributed by atoms with Crippen LogP contribution in [0.5, 0.6) is 5.75 Å². The van der Waals surface area contributed by atoms with Crippen LogP contribution in [0.4, 0.5) is 0 Å². The van der Waals surface area contributed by atoms with Crippen LogP contribution >= 0.6 is 0 Å². The summed E-state index contributed by atoms with van der Waals surface area (Å²) in [6.07, 6.45) is 2.24. The van der Waals surface area contributed by atoms with Crippen molar-refractivity contribution < 1.29 is 33.3 Å². The van der Waals surface area contributed by atoms with Gasteiger partial charge in [0.15, 0.2) is 0 Å². The van der Waals surface area contributed by atoms with Gasteiger partial charge in [0, 0.05) is 56.7 Å². The van der Waals surface area contributed by atoms with E-state index in [1.165, 1.54) is 21.1 Å². The Morgan fingerprint density at radius 1 is 1.21 bits per heavy atom. The van der Waals surface area contributed by atoms with Crippen LogP contribution in [0.1, 0.15) is 25.3 Å². The first-order valence-electron chi connectivity index (χ1n) is 11.6. The summed E-state index contributed by atoms with van der Waals surface area (Å²) in [5, 5.41) is 1.10. The van der Waals surface area contributed by atoms with E-state index in [-0.39, 0.29) is 24.2 Å². The number of fused-ring (bicyclic) bond motifs is 2. The molecule has 9 nitrogen and oxygen atoms in total. The Morgan fingerprint density at radius 3 is 2.68 bits per heavy atom. The third kappa shape index (κ3) is 4.61. The molecule has 34 heavy (non-hydrogen) atoms. The van der Waals surface area contributed by atoms with Crippen LogP contribution in [0.15, 0.2) is 24.4 Å². The van der Waals surface area contributed by atoms with E-state index in [1.54, 1.807) is 7.11 Å². The van der Waals surface area contributed by atoms with Gasteiger partial charge in [0.25, 0.3) is 0 Å². The third-order valence-corrected chi connectivity index (χ3v) is 7.23. The zero-order valence-corrected chi connectivity index (χ0v) is 20.0. The first kappa shape index (κ1) is 24.1. The van der Waals surface area contributed by atoms with Crippen molar-refractivity contribution in [2.24, 2.45) is 17.8 Å². The fraction of sp³-hybridized carbons (Fsp3) is 0.560. The van der Waals surface area contributed by atoms with Crippen LogP contribution in [0.25, 0.3) is 10.9 Å². The van der Waals surface area contributed by atoms with Crippen molar-refractivity contribution in [1.29, 1.82) is 0 Å². The van der Waals surface area contributed by atoms with Crippen molar-refractivity contribution >= 4 is 28.7 Å². The topological polar surface area (TPSA) is 107 Å². The molecular formula is C25H32N2O7. The van der Waals surface area contributed by atoms with Gasteiger partial charge in [0.1, 0.15) is 18.0 Å². The molecule has 0 bridgehead atoms. The van der Waals surface area contributed by atoms with E-state index in [4.69, 9.17) is 18.9 Å². The lowest BCUT2D eigenvalue weighted by atomic mass is 9.66. The van der Waals surface area contributed by atoms with Crippen LogP contribution in [-0.2, 0) is 35.0 Å². The number of H-pyrrole nitrogens is 1. The van der Waals surface area contributed by atoms with E-state index in [2.05, 4.69) is 4.98 Å². The van der Waals surface area contributed by atoms with E-state index in [1.807, 2.05) is 29.3 Å². The zero-order valence-electron chi connectivity index (χ0n) is 20.0. The molecule has 1 aliphatic heterocycles. The molecule has 1 saturated heterocycles. The molecule has 1 N–H and O–H groups in total. The van der Waals surface area contributed by atoms with Gasteiger partial charge in [-0.05, 0) is 42.4 Å². The van der Waals surface area contributed by atoms with Crippen molar-refractivity contribution in [3.8, 4) is 5.75 Å². The fourth-order valence-corrected chi connectivity index (χ4v) is 5.64. The molecule has 5 atom stereocenters. The van der Waals surface area contributed by atoms with E-state index < -0.39 is 30.1 Å². The van der Waals surface area contributed by atoms with Crippen molar-refractivity contribution in [2.45, 2.75) is 38.4 Å². The first-order valence-corrected chi connectivity index (χ1v) is 11.6. The molecule has 0 unspecified atom stereocenters. The Labute approximate surface area is 198 Å². The monoisotopic (exact) mass is 472 g/mol. The predicted octanol–water partition coefficient (Wildman–Crippen LogP) is 2.32. The highest BCUT2D eigenvalue weighted by Crippen LogP contribution is 2.43. The van der Waals surface area contributed by atoms with Crippen LogP contribution in [-0.4, -0.2) is 74.4 Å². The Balaban J connectivity index is 1.50. The number of hydrogen-bond donors (Lipinski definition) is 1. The minimum Gasteiger partial charge on any atom is -0.497 e. The smallest absolute Gasteiger partial charge is 0.311 e. The molecule has 0 radical (unpaired) electrons. The SMILES string of the molecule is COC(=O)[C@H]1[C@H]2CC(=O)N(CCc3c[nH]c4cc(OC)ccc34)C[C@H]2C[C@@H](OC(C)=O)[C@@H]1OC. The summed E-state index contributed by atoms with van der Waals surface area (Å²) in [4.78, 5) is 42.6. The summed E-state index contributed by atoms with van der Waals surface area (Å²) < 4.78 is 21.4. The second-order valence-electron chi connectivity index (χ2n) is 9.08. The molecule has 2 heterocycles. The number of likely N-dealkylation sites (tertiary alicyclic amines) is 1. The Hall–Kier alpha value is -3.07. The fourth-order valence-electron chi connectivity index (χ4n) is 5.64. The number of ether oxygens (including phenoxy) is 4. The number of aromatic nitrogens is 1. The molecule has 1 amide bonds. The number of methoxy groups -OCH3 is 3. The number of benzene rings is 1. The number of hydrogen-bond acceptors (Lipinski definition) is 7. The van der Waals surface area contributed by atoms with E-state index in [0.29, 0.717) is 25.9 Å². The Bertz CT molecular complexity index is 1060. The highest BCUT2D eigenvalue weighted by Gasteiger charge is 2.53. The van der Waals surface area contributed by atoms with Crippen LogP contribution in [0.2, 0.25) is 0 Å². The molecule has 184 valence electrons. The molecule has 1 aromatic carbocycles. The number of carbonyl (C=O) groups is 3. The van der Waals surface area contributed by atoms with Crippen molar-refractivity contribution in [3.05, 3.63) is 30.0 Å². The van der Waals surface area contributed by atoms with Crippen molar-refractivity contribution in [3.63, 3.8) is 0 Å². The number of aromatic amines is 1. The maximum absolute atomic E-state index is 13.1. The minimum absolute atomic E-state index is 0.00443. The molecule has 1 aliphatic carbocycles. The quantitative estimate of drug-likeness (QED) is 0.616. The van der Waals surface area contributed by atoms with E-state index in [0.717, 1.165) is 22.2 Å². The maximum atomic E-state index is 13.1. The first-order chi connectivity index (χ1) is 16.4. The summed E-state index contributed by atoms with van der Waals surface area (Å²) in [5.74, 6) is -0.932. The van der Waals surface area contributed by atoms with Gasteiger partial charge in [0.2, 0.25) is 5.91 Å². The van der Waals surface area contributed by atoms with Gasteiger partial charge in [0.05, 0.1) is 20.1 Å². The molecule has 2 aromatic rings. The van der Waals surface area contributed by atoms with E-state index in [9.17, 15) is 14.4 Å².